The van der Waals surface area contributed by atoms with Crippen molar-refractivity contribution in [3.05, 3.63) is 100 Å². The highest BCUT2D eigenvalue weighted by atomic mass is 35.5. The number of carbonyl (C=O) groups is 2. The third kappa shape index (κ3) is 6.77. The average Bonchev–Trinajstić information content (AvgIpc) is 3.36. The summed E-state index contributed by atoms with van der Waals surface area (Å²) in [6.45, 7) is 0.207. The molecule has 1 aliphatic heterocycles. The molecule has 3 aromatic rings. The van der Waals surface area contributed by atoms with E-state index in [4.69, 9.17) is 21.1 Å². The highest BCUT2D eigenvalue weighted by Gasteiger charge is 2.16. The summed E-state index contributed by atoms with van der Waals surface area (Å²) >= 11 is 6.16. The lowest BCUT2D eigenvalue weighted by Gasteiger charge is -2.13. The van der Waals surface area contributed by atoms with Crippen LogP contribution in [0.5, 0.6) is 11.5 Å². The lowest BCUT2D eigenvalue weighted by Crippen LogP contribution is -2.32. The highest BCUT2D eigenvalue weighted by Crippen LogP contribution is 2.32. The van der Waals surface area contributed by atoms with Crippen LogP contribution in [-0.2, 0) is 4.79 Å². The molecule has 0 bridgehead atoms. The van der Waals surface area contributed by atoms with Crippen molar-refractivity contribution < 1.29 is 19.1 Å². The average molecular weight is 517 g/mol. The molecule has 9 heteroatoms. The third-order valence-corrected chi connectivity index (χ3v) is 5.67. The lowest BCUT2D eigenvalue weighted by molar-refractivity contribution is -0.117. The Hall–Kier alpha value is -4.56. The highest BCUT2D eigenvalue weighted by molar-refractivity contribution is 6.34. The number of hydrazone groups is 1. The van der Waals surface area contributed by atoms with Crippen LogP contribution in [0.2, 0.25) is 5.02 Å². The van der Waals surface area contributed by atoms with Crippen molar-refractivity contribution >= 4 is 47.5 Å². The maximum atomic E-state index is 12.9. The minimum Gasteiger partial charge on any atom is -0.454 e. The smallest absolute Gasteiger partial charge is 0.287 e. The van der Waals surface area contributed by atoms with Crippen molar-refractivity contribution in [1.82, 2.24) is 10.7 Å². The molecule has 0 atom stereocenters. The van der Waals surface area contributed by atoms with E-state index in [1.807, 2.05) is 61.5 Å². The molecular formula is C28H25ClN4O4. The number of allylic oxidation sites excluding steroid dienone is 1. The number of halogens is 1. The molecule has 0 unspecified atom stereocenters. The van der Waals surface area contributed by atoms with E-state index < -0.39 is 11.8 Å². The number of ether oxygens (including phenoxy) is 2. The molecule has 0 saturated heterocycles. The van der Waals surface area contributed by atoms with Crippen LogP contribution in [0.3, 0.4) is 0 Å². The van der Waals surface area contributed by atoms with E-state index in [1.165, 1.54) is 6.21 Å². The molecule has 37 heavy (non-hydrogen) atoms. The van der Waals surface area contributed by atoms with Gasteiger partial charge in [0.2, 0.25) is 6.79 Å². The molecule has 2 amide bonds. The second kappa shape index (κ2) is 11.9. The normalized spacial score (nSPS) is 12.7. The van der Waals surface area contributed by atoms with Gasteiger partial charge in [0.15, 0.2) is 11.5 Å². The number of hydrogen-bond acceptors (Lipinski definition) is 6. The van der Waals surface area contributed by atoms with Crippen molar-refractivity contribution in [3.63, 3.8) is 0 Å². The Morgan fingerprint density at radius 1 is 0.973 bits per heavy atom. The molecular weight excluding hydrogens is 492 g/mol. The summed E-state index contributed by atoms with van der Waals surface area (Å²) in [5.74, 6) is 0.274. The summed E-state index contributed by atoms with van der Waals surface area (Å²) in [5.41, 5.74) is 5.32. The second-order valence-corrected chi connectivity index (χ2v) is 8.58. The fourth-order valence-corrected chi connectivity index (χ4v) is 3.62. The van der Waals surface area contributed by atoms with Gasteiger partial charge in [-0.1, -0.05) is 48.0 Å². The number of nitrogens with zero attached hydrogens (tertiary/aromatic N) is 2. The van der Waals surface area contributed by atoms with Gasteiger partial charge < -0.3 is 19.7 Å². The first-order valence-electron chi connectivity index (χ1n) is 11.4. The molecule has 0 aromatic heterocycles. The van der Waals surface area contributed by atoms with Gasteiger partial charge in [0.05, 0.1) is 10.6 Å². The first kappa shape index (κ1) is 25.5. The minimum atomic E-state index is -0.593. The Morgan fingerprint density at radius 2 is 1.70 bits per heavy atom. The number of nitrogens with one attached hydrogen (secondary N) is 2. The first-order chi connectivity index (χ1) is 17.9. The lowest BCUT2D eigenvalue weighted by atomic mass is 10.1. The Morgan fingerprint density at radius 3 is 2.46 bits per heavy atom. The zero-order valence-corrected chi connectivity index (χ0v) is 21.0. The van der Waals surface area contributed by atoms with Gasteiger partial charge >= 0.3 is 0 Å². The molecule has 1 heterocycles. The molecule has 0 aliphatic carbocycles. The van der Waals surface area contributed by atoms with Crippen LogP contribution in [0.4, 0.5) is 5.69 Å². The second-order valence-electron chi connectivity index (χ2n) is 8.17. The zero-order chi connectivity index (χ0) is 26.2. The predicted octanol–water partition coefficient (Wildman–Crippen LogP) is 4.72. The summed E-state index contributed by atoms with van der Waals surface area (Å²) in [7, 11) is 3.87. The maximum Gasteiger partial charge on any atom is 0.287 e. The molecule has 0 fully saturated rings. The van der Waals surface area contributed by atoms with Crippen molar-refractivity contribution in [2.45, 2.75) is 0 Å². The van der Waals surface area contributed by atoms with Gasteiger partial charge in [-0.25, -0.2) is 5.43 Å². The van der Waals surface area contributed by atoms with Gasteiger partial charge in [-0.05, 0) is 59.7 Å². The van der Waals surface area contributed by atoms with Gasteiger partial charge in [-0.3, -0.25) is 9.59 Å². The van der Waals surface area contributed by atoms with Crippen LogP contribution in [0, 0.1) is 0 Å². The van der Waals surface area contributed by atoms with Crippen molar-refractivity contribution in [1.29, 1.82) is 0 Å². The Bertz CT molecular complexity index is 1380. The number of fused-ring (bicyclic) bond motifs is 1. The van der Waals surface area contributed by atoms with Gasteiger partial charge in [-0.15, -0.1) is 0 Å². The molecule has 2 N–H and O–H groups in total. The number of carbonyl (C=O) groups excluding carboxylic acids is 2. The Kier molecular flexibility index (Phi) is 8.22. The third-order valence-electron chi connectivity index (χ3n) is 5.34. The molecule has 0 radical (unpaired) electrons. The van der Waals surface area contributed by atoms with E-state index in [-0.39, 0.29) is 23.1 Å². The largest absolute Gasteiger partial charge is 0.454 e. The van der Waals surface area contributed by atoms with Crippen molar-refractivity contribution in [2.75, 3.05) is 25.8 Å². The van der Waals surface area contributed by atoms with E-state index >= 15 is 0 Å². The topological polar surface area (TPSA) is 92.3 Å². The molecule has 188 valence electrons. The predicted molar refractivity (Wildman–Crippen MR) is 146 cm³/mol. The van der Waals surface area contributed by atoms with Gasteiger partial charge in [-0.2, -0.15) is 5.10 Å². The van der Waals surface area contributed by atoms with Crippen LogP contribution in [0.1, 0.15) is 21.5 Å². The number of amides is 2. The maximum absolute atomic E-state index is 12.9. The molecule has 1 aliphatic rings. The van der Waals surface area contributed by atoms with Gasteiger partial charge in [0, 0.05) is 26.0 Å². The molecule has 0 spiro atoms. The van der Waals surface area contributed by atoms with Crippen molar-refractivity contribution in [2.24, 2.45) is 5.10 Å². The van der Waals surface area contributed by atoms with Gasteiger partial charge in [0.25, 0.3) is 11.8 Å². The van der Waals surface area contributed by atoms with E-state index in [0.717, 1.165) is 16.8 Å². The minimum absolute atomic E-state index is 0.0134. The summed E-state index contributed by atoms with van der Waals surface area (Å²) < 4.78 is 10.7. The number of hydrogen-bond donors (Lipinski definition) is 2. The van der Waals surface area contributed by atoms with E-state index in [9.17, 15) is 9.59 Å². The quantitative estimate of drug-likeness (QED) is 0.257. The fourth-order valence-electron chi connectivity index (χ4n) is 3.40. The zero-order valence-electron chi connectivity index (χ0n) is 20.3. The Labute approximate surface area is 219 Å². The first-order valence-corrected chi connectivity index (χ1v) is 11.7. The monoisotopic (exact) mass is 516 g/mol. The van der Waals surface area contributed by atoms with E-state index in [2.05, 4.69) is 15.8 Å². The van der Waals surface area contributed by atoms with Crippen LogP contribution in [0.25, 0.3) is 12.2 Å². The molecule has 0 saturated carbocycles. The summed E-state index contributed by atoms with van der Waals surface area (Å²) in [6.07, 6.45) is 6.48. The molecule has 4 rings (SSSR count). The molecule has 3 aromatic carbocycles. The van der Waals surface area contributed by atoms with Crippen molar-refractivity contribution in [3.8, 4) is 11.5 Å². The molecule has 8 nitrogen and oxygen atoms in total. The number of rotatable bonds is 8. The Balaban J connectivity index is 1.47. The standard InChI is InChI=1S/C28H25ClN4O4/c1-33(2)21-12-9-20(10-13-21)16-24(31-27(34)22-7-3-4-8-23(22)29)28(35)32-30-15-5-6-19-11-14-25-26(17-19)37-18-36-25/h3-17H,18H2,1-2H3,(H,31,34)(H,32,35)/b6-5+,24-16+,30-15+. The SMILES string of the molecule is CN(C)c1ccc(/C=C(/NC(=O)c2ccccc2Cl)C(=O)N/N=C/C=C/c2ccc3c(c2)OCO3)cc1. The van der Waals surface area contributed by atoms with Crippen LogP contribution >= 0.6 is 11.6 Å². The summed E-state index contributed by atoms with van der Waals surface area (Å²) in [4.78, 5) is 27.7. The van der Waals surface area contributed by atoms with Crippen LogP contribution < -0.4 is 25.1 Å². The van der Waals surface area contributed by atoms with E-state index in [0.29, 0.717) is 11.5 Å². The fraction of sp³-hybridized carbons (Fsp3) is 0.107. The summed E-state index contributed by atoms with van der Waals surface area (Å²) in [6, 6.07) is 19.7. The van der Waals surface area contributed by atoms with Crippen LogP contribution in [-0.4, -0.2) is 38.9 Å². The number of benzene rings is 3. The van der Waals surface area contributed by atoms with E-state index in [1.54, 1.807) is 42.5 Å². The van der Waals surface area contributed by atoms with Gasteiger partial charge in [0.1, 0.15) is 5.70 Å². The number of anilines is 1. The van der Waals surface area contributed by atoms with Crippen LogP contribution in [0.15, 0.2) is 83.6 Å². The summed E-state index contributed by atoms with van der Waals surface area (Å²) in [5, 5.41) is 6.89.